The molecule has 0 radical (unpaired) electrons. The molecule has 6 aromatic rings. The number of aromatic nitrogens is 4. The Hall–Kier alpha value is -5.40. The number of nitrogens with one attached hydrogen (secondary N) is 3. The van der Waals surface area contributed by atoms with Crippen LogP contribution in [0.15, 0.2) is 82.4 Å². The minimum atomic E-state index is -0.277. The number of aliphatic hydroxyl groups excluding tert-OH is 4. The lowest BCUT2D eigenvalue weighted by atomic mass is 10.1. The lowest BCUT2D eigenvalue weighted by Gasteiger charge is -2.35. The maximum atomic E-state index is 12.7. The van der Waals surface area contributed by atoms with E-state index in [1.54, 1.807) is 24.3 Å². The Labute approximate surface area is 361 Å². The van der Waals surface area contributed by atoms with Crippen LogP contribution in [0.4, 0.5) is 11.4 Å². The first kappa shape index (κ1) is 45.1. The van der Waals surface area contributed by atoms with Crippen molar-refractivity contribution < 1.29 is 29.9 Å². The van der Waals surface area contributed by atoms with Gasteiger partial charge in [-0.05, 0) is 83.9 Å². The van der Waals surface area contributed by atoms with Gasteiger partial charge in [-0.2, -0.15) is 0 Å². The molecule has 0 bridgehead atoms. The number of aliphatic hydroxyl groups is 4. The molecule has 0 saturated carbocycles. The van der Waals surface area contributed by atoms with Crippen LogP contribution in [0, 0.1) is 0 Å². The fourth-order valence-electron chi connectivity index (χ4n) is 7.31. The summed E-state index contributed by atoms with van der Waals surface area (Å²) >= 11 is 3.00. The molecule has 2 saturated heterocycles. The van der Waals surface area contributed by atoms with E-state index in [2.05, 4.69) is 68.0 Å². The molecule has 0 spiro atoms. The number of methoxy groups -OCH3 is 2. The number of nitrogens with zero attached hydrogens (tertiary/aromatic N) is 5. The molecule has 61 heavy (non-hydrogen) atoms. The summed E-state index contributed by atoms with van der Waals surface area (Å²) in [5.74, 6) is 1.78. The van der Waals surface area contributed by atoms with Crippen LogP contribution >= 0.6 is 15.9 Å². The van der Waals surface area contributed by atoms with Gasteiger partial charge in [0.05, 0.1) is 51.7 Å². The second-order valence-electron chi connectivity index (χ2n) is 14.3. The van der Waals surface area contributed by atoms with Gasteiger partial charge in [0.15, 0.2) is 0 Å². The molecule has 4 aromatic carbocycles. The Bertz CT molecular complexity index is 2470. The molecule has 2 aromatic heterocycles. The van der Waals surface area contributed by atoms with E-state index in [1.165, 1.54) is 14.2 Å². The summed E-state index contributed by atoms with van der Waals surface area (Å²) in [6, 6.07) is 22.7. The monoisotopic (exact) mass is 900 g/mol. The highest BCUT2D eigenvalue weighted by atomic mass is 79.9. The second kappa shape index (κ2) is 21.9. The maximum absolute atomic E-state index is 12.7. The Morgan fingerprint density at radius 1 is 0.623 bits per heavy atom. The predicted molar refractivity (Wildman–Crippen MR) is 242 cm³/mol. The average molecular weight is 902 g/mol. The van der Waals surface area contributed by atoms with Gasteiger partial charge in [-0.25, -0.2) is 9.97 Å². The van der Waals surface area contributed by atoms with Gasteiger partial charge in [0.1, 0.15) is 33.9 Å². The lowest BCUT2D eigenvalue weighted by molar-refractivity contribution is 0.189. The topological polar surface area (TPSA) is 213 Å². The highest BCUT2D eigenvalue weighted by molar-refractivity contribution is 9.09. The van der Waals surface area contributed by atoms with Gasteiger partial charge >= 0.3 is 0 Å². The second-order valence-corrected chi connectivity index (χ2v) is 15.1. The van der Waals surface area contributed by atoms with Gasteiger partial charge < -0.3 is 55.0 Å². The molecule has 2 aliphatic rings. The molecular formula is C44H53BrN8O8. The van der Waals surface area contributed by atoms with Crippen molar-refractivity contribution in [3.8, 4) is 34.3 Å². The van der Waals surface area contributed by atoms with E-state index < -0.39 is 0 Å². The van der Waals surface area contributed by atoms with Crippen LogP contribution in [0.2, 0.25) is 0 Å². The number of fused-ring (bicyclic) bond motifs is 2. The van der Waals surface area contributed by atoms with Crippen LogP contribution in [-0.4, -0.2) is 137 Å². The van der Waals surface area contributed by atoms with Crippen molar-refractivity contribution in [1.82, 2.24) is 30.2 Å². The number of aromatic amines is 2. The lowest BCUT2D eigenvalue weighted by Crippen LogP contribution is -2.47. The minimum Gasteiger partial charge on any atom is -0.496 e. The van der Waals surface area contributed by atoms with Crippen molar-refractivity contribution in [2.45, 2.75) is 13.2 Å². The molecule has 8 rings (SSSR count). The highest BCUT2D eigenvalue weighted by Crippen LogP contribution is 2.28. The normalized spacial score (nSPS) is 14.3. The number of alkyl halides is 1. The number of hydrogen-bond acceptors (Lipinski definition) is 14. The third kappa shape index (κ3) is 11.1. The minimum absolute atomic E-state index is 0.143. The first-order chi connectivity index (χ1) is 29.7. The standard InChI is InChI=1S/C22H26N4O4.C20H22N4O3.C2H5BrO/c1-30-19-13-15(14-28)12-18-20(19)22(29)24-21(23-18)16-2-4-17(5-3-16)26-8-6-25(7-9-26)10-11-27;1-27-17-11-13(12-25)10-16-18(17)20(26)23-19(22-16)14-2-4-15(5-3-14)24-8-6-21-7-9-24;3-1-2-4/h2-5,12-13,27-28H,6-11,14H2,1H3,(H,23,24,29);2-5,10-11,21,25H,6-9,12H2,1H3,(H,22,23,26);4H,1-2H2. The van der Waals surface area contributed by atoms with Crippen molar-refractivity contribution >= 4 is 49.1 Å². The number of hydrogen-bond donors (Lipinski definition) is 7. The Kier molecular flexibility index (Phi) is 16.2. The molecule has 324 valence electrons. The summed E-state index contributed by atoms with van der Waals surface area (Å²) in [5.41, 5.74) is 5.66. The quantitative estimate of drug-likeness (QED) is 0.0933. The average Bonchev–Trinajstić information content (AvgIpc) is 3.31. The Morgan fingerprint density at radius 3 is 1.43 bits per heavy atom. The number of β-amino-alcohol motifs (C(OH)–C–C–N with tert-alkyl or cyclic N) is 1. The van der Waals surface area contributed by atoms with E-state index in [4.69, 9.17) is 19.7 Å². The zero-order valence-corrected chi connectivity index (χ0v) is 35.9. The first-order valence-corrected chi connectivity index (χ1v) is 21.2. The number of H-pyrrole nitrogens is 2. The molecule has 2 fully saturated rings. The fourth-order valence-corrected chi connectivity index (χ4v) is 7.31. The first-order valence-electron chi connectivity index (χ1n) is 20.1. The zero-order valence-electron chi connectivity index (χ0n) is 34.4. The molecule has 0 unspecified atom stereocenters. The number of ether oxygens (including phenoxy) is 2. The molecule has 7 N–H and O–H groups in total. The van der Waals surface area contributed by atoms with E-state index in [1.807, 2.05) is 36.4 Å². The maximum Gasteiger partial charge on any atom is 0.262 e. The van der Waals surface area contributed by atoms with Gasteiger partial charge in [0.2, 0.25) is 0 Å². The van der Waals surface area contributed by atoms with Crippen LogP contribution in [0.3, 0.4) is 0 Å². The molecule has 0 amide bonds. The van der Waals surface area contributed by atoms with Gasteiger partial charge in [-0.1, -0.05) is 15.9 Å². The van der Waals surface area contributed by atoms with Crippen LogP contribution in [0.25, 0.3) is 44.6 Å². The van der Waals surface area contributed by atoms with Gasteiger partial charge in [-0.3, -0.25) is 14.5 Å². The van der Waals surface area contributed by atoms with Gasteiger partial charge in [0, 0.05) is 86.7 Å². The van der Waals surface area contributed by atoms with Crippen molar-refractivity contribution in [1.29, 1.82) is 0 Å². The molecule has 16 nitrogen and oxygen atoms in total. The van der Waals surface area contributed by atoms with Crippen molar-refractivity contribution in [3.05, 3.63) is 105 Å². The summed E-state index contributed by atoms with van der Waals surface area (Å²) in [6.45, 7) is 8.45. The summed E-state index contributed by atoms with van der Waals surface area (Å²) in [4.78, 5) is 47.1. The van der Waals surface area contributed by atoms with E-state index in [-0.39, 0.29) is 37.5 Å². The van der Waals surface area contributed by atoms with E-state index in [0.29, 0.717) is 61.4 Å². The molecule has 2 aliphatic heterocycles. The molecular weight excluding hydrogens is 848 g/mol. The number of rotatable bonds is 11. The largest absolute Gasteiger partial charge is 0.496 e. The predicted octanol–water partition coefficient (Wildman–Crippen LogP) is 3.08. The number of anilines is 2. The van der Waals surface area contributed by atoms with Crippen LogP contribution in [-0.2, 0) is 13.2 Å². The van der Waals surface area contributed by atoms with Crippen molar-refractivity contribution in [2.75, 3.05) is 101 Å². The zero-order chi connectivity index (χ0) is 43.3. The van der Waals surface area contributed by atoms with Crippen LogP contribution < -0.4 is 35.7 Å². The van der Waals surface area contributed by atoms with Crippen LogP contribution in [0.1, 0.15) is 11.1 Å². The third-order valence-electron chi connectivity index (χ3n) is 10.5. The fraction of sp³-hybridized carbons (Fsp3) is 0.364. The molecule has 0 aliphatic carbocycles. The summed E-state index contributed by atoms with van der Waals surface area (Å²) < 4.78 is 10.6. The molecule has 4 heterocycles. The van der Waals surface area contributed by atoms with Crippen molar-refractivity contribution in [2.24, 2.45) is 0 Å². The smallest absolute Gasteiger partial charge is 0.262 e. The summed E-state index contributed by atoms with van der Waals surface area (Å²) in [7, 11) is 2.99. The summed E-state index contributed by atoms with van der Waals surface area (Å²) in [6.07, 6.45) is 0. The number of piperazine rings is 2. The highest BCUT2D eigenvalue weighted by Gasteiger charge is 2.18. The van der Waals surface area contributed by atoms with E-state index in [0.717, 1.165) is 81.4 Å². The SMILES string of the molecule is COc1cc(CO)cc2nc(-c3ccc(N4CCN(CCO)CC4)cc3)[nH]c(=O)c12.COc1cc(CO)cc2nc(-c3ccc(N4CCNCC4)cc3)[nH]c(=O)c12.OCCBr. The molecule has 0 atom stereocenters. The van der Waals surface area contributed by atoms with E-state index in [9.17, 15) is 19.8 Å². The number of halogens is 1. The van der Waals surface area contributed by atoms with Gasteiger partial charge in [0.25, 0.3) is 11.1 Å². The van der Waals surface area contributed by atoms with Crippen molar-refractivity contribution in [3.63, 3.8) is 0 Å². The summed E-state index contributed by atoms with van der Waals surface area (Å²) in [5, 5.41) is 40.6. The van der Waals surface area contributed by atoms with E-state index >= 15 is 0 Å². The Morgan fingerprint density at radius 2 is 1.05 bits per heavy atom. The number of benzene rings is 4. The Balaban J connectivity index is 0.000000189. The molecule has 17 heteroatoms. The van der Waals surface area contributed by atoms with Gasteiger partial charge in [-0.15, -0.1) is 0 Å². The third-order valence-corrected chi connectivity index (χ3v) is 10.8. The van der Waals surface area contributed by atoms with Crippen LogP contribution in [0.5, 0.6) is 11.5 Å².